The van der Waals surface area contributed by atoms with Gasteiger partial charge in [-0.25, -0.2) is 0 Å². The summed E-state index contributed by atoms with van der Waals surface area (Å²) in [4.78, 5) is 0. The summed E-state index contributed by atoms with van der Waals surface area (Å²) in [7, 11) is 0. The van der Waals surface area contributed by atoms with Crippen LogP contribution in [0.2, 0.25) is 0 Å². The van der Waals surface area contributed by atoms with Crippen LogP contribution in [-0.4, -0.2) is 31.0 Å². The maximum Gasteiger partial charge on any atom is 0.0702 e. The Hall–Kier alpha value is -0.120. The molecular formula is C13H29NO2. The Balaban J connectivity index is 3.20. The Morgan fingerprint density at radius 1 is 1.06 bits per heavy atom. The minimum atomic E-state index is 0.0908. The molecule has 0 aromatic carbocycles. The van der Waals surface area contributed by atoms with E-state index in [4.69, 9.17) is 15.6 Å². The lowest BCUT2D eigenvalue weighted by atomic mass is 10.1. The van der Waals surface area contributed by atoms with Gasteiger partial charge in [-0.3, -0.25) is 0 Å². The zero-order chi connectivity index (χ0) is 12.1. The number of hydrogen-bond donors (Lipinski definition) is 2. The number of ether oxygens (including phenoxy) is 1. The van der Waals surface area contributed by atoms with Crippen LogP contribution < -0.4 is 5.73 Å². The van der Waals surface area contributed by atoms with E-state index in [2.05, 4.69) is 6.92 Å². The molecule has 16 heavy (non-hydrogen) atoms. The van der Waals surface area contributed by atoms with Crippen molar-refractivity contribution in [2.24, 2.45) is 5.73 Å². The maximum atomic E-state index is 8.64. The zero-order valence-electron chi connectivity index (χ0n) is 10.8. The molecule has 0 heterocycles. The molecule has 3 N–H and O–H groups in total. The van der Waals surface area contributed by atoms with Crippen molar-refractivity contribution in [2.45, 2.75) is 64.4 Å². The van der Waals surface area contributed by atoms with Crippen molar-refractivity contribution in [1.82, 2.24) is 0 Å². The lowest BCUT2D eigenvalue weighted by Gasteiger charge is -2.14. The van der Waals surface area contributed by atoms with E-state index in [-0.39, 0.29) is 12.7 Å². The van der Waals surface area contributed by atoms with E-state index >= 15 is 0 Å². The quantitative estimate of drug-likeness (QED) is 0.507. The molecular weight excluding hydrogens is 202 g/mol. The van der Waals surface area contributed by atoms with E-state index in [1.165, 1.54) is 44.9 Å². The number of rotatable bonds is 12. The largest absolute Gasteiger partial charge is 0.394 e. The summed E-state index contributed by atoms with van der Waals surface area (Å²) in [6, 6.07) is 0. The minimum Gasteiger partial charge on any atom is -0.394 e. The molecule has 98 valence electrons. The molecule has 0 radical (unpaired) electrons. The standard InChI is InChI=1S/C13H29NO2/c1-2-3-4-5-6-7-8-9-13(12-14)16-11-10-15/h13,15H,2-12,14H2,1H3. The van der Waals surface area contributed by atoms with E-state index in [9.17, 15) is 0 Å². The summed E-state index contributed by atoms with van der Waals surface area (Å²) >= 11 is 0. The minimum absolute atomic E-state index is 0.0908. The highest BCUT2D eigenvalue weighted by molar-refractivity contribution is 4.59. The molecule has 0 aliphatic heterocycles. The van der Waals surface area contributed by atoms with E-state index in [1.807, 2.05) is 0 Å². The van der Waals surface area contributed by atoms with Crippen molar-refractivity contribution >= 4 is 0 Å². The summed E-state index contributed by atoms with van der Waals surface area (Å²) in [5.41, 5.74) is 5.59. The van der Waals surface area contributed by atoms with Gasteiger partial charge in [-0.2, -0.15) is 0 Å². The first-order chi connectivity index (χ1) is 7.85. The van der Waals surface area contributed by atoms with Crippen LogP contribution in [0.25, 0.3) is 0 Å². The summed E-state index contributed by atoms with van der Waals surface area (Å²) in [5, 5.41) is 8.64. The van der Waals surface area contributed by atoms with Gasteiger partial charge in [-0.15, -0.1) is 0 Å². The summed E-state index contributed by atoms with van der Waals surface area (Å²) in [6.45, 7) is 3.31. The lowest BCUT2D eigenvalue weighted by molar-refractivity contribution is 0.0278. The first kappa shape index (κ1) is 15.9. The van der Waals surface area contributed by atoms with Crippen LogP contribution in [0.5, 0.6) is 0 Å². The lowest BCUT2D eigenvalue weighted by Crippen LogP contribution is -2.25. The van der Waals surface area contributed by atoms with Gasteiger partial charge in [-0.05, 0) is 6.42 Å². The third-order valence-electron chi connectivity index (χ3n) is 2.84. The average Bonchev–Trinajstić information content (AvgIpc) is 2.32. The van der Waals surface area contributed by atoms with Crippen LogP contribution in [0, 0.1) is 0 Å². The highest BCUT2D eigenvalue weighted by atomic mass is 16.5. The highest BCUT2D eigenvalue weighted by Crippen LogP contribution is 2.10. The normalized spacial score (nSPS) is 12.9. The van der Waals surface area contributed by atoms with Crippen molar-refractivity contribution in [3.63, 3.8) is 0 Å². The molecule has 0 saturated heterocycles. The van der Waals surface area contributed by atoms with Crippen molar-refractivity contribution in [3.05, 3.63) is 0 Å². The van der Waals surface area contributed by atoms with Gasteiger partial charge in [0.2, 0.25) is 0 Å². The van der Waals surface area contributed by atoms with E-state index in [1.54, 1.807) is 0 Å². The fourth-order valence-electron chi connectivity index (χ4n) is 1.82. The number of unbranched alkanes of at least 4 members (excludes halogenated alkanes) is 6. The van der Waals surface area contributed by atoms with Gasteiger partial charge in [0, 0.05) is 6.54 Å². The Labute approximate surface area is 100 Å². The zero-order valence-corrected chi connectivity index (χ0v) is 10.8. The third-order valence-corrected chi connectivity index (χ3v) is 2.84. The molecule has 3 heteroatoms. The van der Waals surface area contributed by atoms with Crippen LogP contribution in [0.3, 0.4) is 0 Å². The maximum absolute atomic E-state index is 8.64. The van der Waals surface area contributed by atoms with Crippen LogP contribution in [-0.2, 0) is 4.74 Å². The van der Waals surface area contributed by atoms with Crippen molar-refractivity contribution in [1.29, 1.82) is 0 Å². The van der Waals surface area contributed by atoms with Crippen molar-refractivity contribution in [3.8, 4) is 0 Å². The molecule has 0 spiro atoms. The number of nitrogens with two attached hydrogens (primary N) is 1. The van der Waals surface area contributed by atoms with Crippen molar-refractivity contribution < 1.29 is 9.84 Å². The van der Waals surface area contributed by atoms with Crippen LogP contribution >= 0.6 is 0 Å². The van der Waals surface area contributed by atoms with Crippen LogP contribution in [0.15, 0.2) is 0 Å². The SMILES string of the molecule is CCCCCCCCCC(CN)OCCO. The summed E-state index contributed by atoms with van der Waals surface area (Å²) in [6.07, 6.45) is 10.4. The first-order valence-electron chi connectivity index (χ1n) is 6.77. The molecule has 0 amide bonds. The van der Waals surface area contributed by atoms with Gasteiger partial charge in [0.1, 0.15) is 0 Å². The monoisotopic (exact) mass is 231 g/mol. The van der Waals surface area contributed by atoms with Gasteiger partial charge in [0.05, 0.1) is 19.3 Å². The Bertz CT molecular complexity index is 131. The summed E-state index contributed by atoms with van der Waals surface area (Å²) in [5.74, 6) is 0. The van der Waals surface area contributed by atoms with Gasteiger partial charge in [-0.1, -0.05) is 51.9 Å². The van der Waals surface area contributed by atoms with Crippen LogP contribution in [0.1, 0.15) is 58.3 Å². The Morgan fingerprint density at radius 3 is 2.25 bits per heavy atom. The average molecular weight is 231 g/mol. The molecule has 1 unspecified atom stereocenters. The predicted octanol–water partition coefficient (Wildman–Crippen LogP) is 2.46. The van der Waals surface area contributed by atoms with Gasteiger partial charge in [0.25, 0.3) is 0 Å². The molecule has 3 nitrogen and oxygen atoms in total. The van der Waals surface area contributed by atoms with Gasteiger partial charge >= 0.3 is 0 Å². The van der Waals surface area contributed by atoms with Gasteiger partial charge in [0.15, 0.2) is 0 Å². The third kappa shape index (κ3) is 10.4. The topological polar surface area (TPSA) is 55.5 Å². The predicted molar refractivity (Wildman–Crippen MR) is 68.5 cm³/mol. The van der Waals surface area contributed by atoms with E-state index in [0.29, 0.717) is 13.2 Å². The van der Waals surface area contributed by atoms with E-state index in [0.717, 1.165) is 6.42 Å². The summed E-state index contributed by atoms with van der Waals surface area (Å²) < 4.78 is 5.41. The molecule has 0 aliphatic rings. The molecule has 0 aromatic rings. The first-order valence-corrected chi connectivity index (χ1v) is 6.77. The molecule has 0 saturated carbocycles. The van der Waals surface area contributed by atoms with Gasteiger partial charge < -0.3 is 15.6 Å². The number of aliphatic hydroxyl groups excluding tert-OH is 1. The smallest absolute Gasteiger partial charge is 0.0702 e. The second-order valence-corrected chi connectivity index (χ2v) is 4.36. The van der Waals surface area contributed by atoms with Crippen molar-refractivity contribution in [2.75, 3.05) is 19.8 Å². The van der Waals surface area contributed by atoms with Crippen LogP contribution in [0.4, 0.5) is 0 Å². The molecule has 0 fully saturated rings. The number of hydrogen-bond acceptors (Lipinski definition) is 3. The highest BCUT2D eigenvalue weighted by Gasteiger charge is 2.05. The Morgan fingerprint density at radius 2 is 1.69 bits per heavy atom. The van der Waals surface area contributed by atoms with E-state index < -0.39 is 0 Å². The number of aliphatic hydroxyl groups is 1. The molecule has 0 rings (SSSR count). The molecule has 0 aromatic heterocycles. The molecule has 0 aliphatic carbocycles. The molecule has 1 atom stereocenters. The fourth-order valence-corrected chi connectivity index (χ4v) is 1.82. The fraction of sp³-hybridized carbons (Fsp3) is 1.00. The molecule has 0 bridgehead atoms. The Kier molecular flexibility index (Phi) is 12.9. The second kappa shape index (κ2) is 12.9. The second-order valence-electron chi connectivity index (χ2n) is 4.36.